The molecule has 0 amide bonds. The van der Waals surface area contributed by atoms with Crippen LogP contribution in [-0.4, -0.2) is 49.6 Å². The Morgan fingerprint density at radius 1 is 1.50 bits per heavy atom. The summed E-state index contributed by atoms with van der Waals surface area (Å²) in [4.78, 5) is 11.4. The Hall–Kier alpha value is -0.650. The molecule has 2 N–H and O–H groups in total. The van der Waals surface area contributed by atoms with Crippen LogP contribution >= 0.6 is 0 Å². The number of carbonyl (C=O) groups is 1. The zero-order chi connectivity index (χ0) is 12.0. The number of aliphatic hydroxyl groups excluding tert-OH is 1. The Labute approximate surface area is 96.1 Å². The van der Waals surface area contributed by atoms with Crippen molar-refractivity contribution in [1.29, 1.82) is 0 Å². The summed E-state index contributed by atoms with van der Waals surface area (Å²) in [6.07, 6.45) is 0.000770. The summed E-state index contributed by atoms with van der Waals surface area (Å²) in [7, 11) is 0. The number of aliphatic hydroxyl groups is 1. The lowest BCUT2D eigenvalue weighted by Crippen LogP contribution is -2.33. The third-order valence-electron chi connectivity index (χ3n) is 2.32. The minimum Gasteiger partial charge on any atom is -0.462 e. The van der Waals surface area contributed by atoms with Crippen molar-refractivity contribution in [2.75, 3.05) is 26.4 Å². The summed E-state index contributed by atoms with van der Waals surface area (Å²) >= 11 is 0. The Bertz CT molecular complexity index is 220. The van der Waals surface area contributed by atoms with Crippen molar-refractivity contribution >= 4 is 5.97 Å². The quantitative estimate of drug-likeness (QED) is 0.494. The molecule has 0 radical (unpaired) electrons. The molecular weight excluding hydrogens is 210 g/mol. The lowest BCUT2D eigenvalue weighted by Gasteiger charge is -2.11. The third-order valence-corrected chi connectivity index (χ3v) is 2.32. The number of esters is 1. The number of ether oxygens (including phenoxy) is 2. The van der Waals surface area contributed by atoms with Crippen molar-refractivity contribution in [3.63, 3.8) is 0 Å². The van der Waals surface area contributed by atoms with Crippen LogP contribution in [0.3, 0.4) is 0 Å². The van der Waals surface area contributed by atoms with E-state index >= 15 is 0 Å². The molecule has 1 rings (SSSR count). The van der Waals surface area contributed by atoms with Crippen LogP contribution < -0.4 is 5.32 Å². The molecule has 0 aromatic carbocycles. The third kappa shape index (κ3) is 4.92. The van der Waals surface area contributed by atoms with Crippen LogP contribution in [0.25, 0.3) is 0 Å². The summed E-state index contributed by atoms with van der Waals surface area (Å²) in [5.74, 6) is 0.187. The van der Waals surface area contributed by atoms with E-state index in [0.29, 0.717) is 32.1 Å². The van der Waals surface area contributed by atoms with Crippen molar-refractivity contribution in [3.05, 3.63) is 0 Å². The maximum absolute atomic E-state index is 11.4. The minimum atomic E-state index is -0.435. The first-order valence-electron chi connectivity index (χ1n) is 5.75. The maximum atomic E-state index is 11.4. The zero-order valence-corrected chi connectivity index (χ0v) is 9.94. The molecule has 0 aromatic rings. The van der Waals surface area contributed by atoms with Crippen molar-refractivity contribution in [2.24, 2.45) is 5.92 Å². The molecule has 16 heavy (non-hydrogen) atoms. The molecule has 1 heterocycles. The Morgan fingerprint density at radius 3 is 2.81 bits per heavy atom. The summed E-state index contributed by atoms with van der Waals surface area (Å²) < 4.78 is 10.3. The molecule has 0 bridgehead atoms. The van der Waals surface area contributed by atoms with E-state index in [4.69, 9.17) is 9.47 Å². The van der Waals surface area contributed by atoms with Crippen LogP contribution in [0, 0.1) is 5.92 Å². The first kappa shape index (κ1) is 13.4. The number of carbonyl (C=O) groups excluding carboxylic acids is 1. The van der Waals surface area contributed by atoms with Crippen molar-refractivity contribution in [2.45, 2.75) is 32.4 Å². The van der Waals surface area contributed by atoms with Crippen LogP contribution in [0.15, 0.2) is 0 Å². The van der Waals surface area contributed by atoms with Gasteiger partial charge in [-0.1, -0.05) is 13.8 Å². The van der Waals surface area contributed by atoms with Gasteiger partial charge in [0.1, 0.15) is 12.6 Å². The van der Waals surface area contributed by atoms with Gasteiger partial charge < -0.3 is 19.9 Å². The van der Waals surface area contributed by atoms with Gasteiger partial charge in [-0.2, -0.15) is 0 Å². The molecule has 0 aliphatic carbocycles. The number of hydrogen-bond acceptors (Lipinski definition) is 5. The van der Waals surface area contributed by atoms with Gasteiger partial charge >= 0.3 is 5.97 Å². The molecule has 1 fully saturated rings. The summed E-state index contributed by atoms with van der Waals surface area (Å²) in [5.41, 5.74) is 0. The zero-order valence-electron chi connectivity index (χ0n) is 9.94. The highest BCUT2D eigenvalue weighted by Gasteiger charge is 2.28. The van der Waals surface area contributed by atoms with E-state index in [1.807, 2.05) is 0 Å². The van der Waals surface area contributed by atoms with Gasteiger partial charge in [0.15, 0.2) is 0 Å². The van der Waals surface area contributed by atoms with Crippen LogP contribution in [0.2, 0.25) is 0 Å². The van der Waals surface area contributed by atoms with Gasteiger partial charge in [-0.15, -0.1) is 0 Å². The average molecular weight is 231 g/mol. The van der Waals surface area contributed by atoms with Crippen molar-refractivity contribution < 1.29 is 19.4 Å². The molecule has 1 aliphatic heterocycles. The van der Waals surface area contributed by atoms with E-state index in [-0.39, 0.29) is 18.6 Å². The monoisotopic (exact) mass is 231 g/mol. The molecule has 1 aliphatic rings. The summed E-state index contributed by atoms with van der Waals surface area (Å²) in [6.45, 7) is 5.98. The SMILES string of the molecule is CC(C)COCCOC(=O)[C@H]1C[C@@H](O)CN1. The Morgan fingerprint density at radius 2 is 2.25 bits per heavy atom. The van der Waals surface area contributed by atoms with Crippen LogP contribution in [-0.2, 0) is 14.3 Å². The molecule has 5 heteroatoms. The largest absolute Gasteiger partial charge is 0.462 e. The van der Waals surface area contributed by atoms with E-state index in [2.05, 4.69) is 19.2 Å². The van der Waals surface area contributed by atoms with E-state index in [1.54, 1.807) is 0 Å². The predicted octanol–water partition coefficient (Wildman–Crippen LogP) is -0.0750. The van der Waals surface area contributed by atoms with Crippen LogP contribution in [0.5, 0.6) is 0 Å². The van der Waals surface area contributed by atoms with E-state index in [0.717, 1.165) is 0 Å². The fourth-order valence-corrected chi connectivity index (χ4v) is 1.52. The van der Waals surface area contributed by atoms with Crippen molar-refractivity contribution in [3.8, 4) is 0 Å². The number of β-amino-alcohol motifs (C(OH)–C–C–N with tert-alkyl or cyclic N) is 1. The highest BCUT2D eigenvalue weighted by atomic mass is 16.6. The Balaban J connectivity index is 2.02. The van der Waals surface area contributed by atoms with Gasteiger partial charge in [0.25, 0.3) is 0 Å². The summed E-state index contributed by atoms with van der Waals surface area (Å²) in [5, 5.41) is 12.1. The van der Waals surface area contributed by atoms with E-state index in [9.17, 15) is 9.90 Å². The lowest BCUT2D eigenvalue weighted by atomic mass is 10.2. The molecule has 0 aromatic heterocycles. The second kappa shape index (κ2) is 6.83. The molecule has 5 nitrogen and oxygen atoms in total. The molecule has 2 atom stereocenters. The first-order valence-corrected chi connectivity index (χ1v) is 5.75. The number of hydrogen-bond donors (Lipinski definition) is 2. The van der Waals surface area contributed by atoms with Gasteiger partial charge in [-0.25, -0.2) is 0 Å². The number of rotatable bonds is 6. The topological polar surface area (TPSA) is 67.8 Å². The second-order valence-corrected chi connectivity index (χ2v) is 4.49. The normalized spacial score (nSPS) is 25.0. The molecule has 0 saturated carbocycles. The standard InChI is InChI=1S/C11H21NO4/c1-8(2)7-15-3-4-16-11(14)10-5-9(13)6-12-10/h8-10,12-13H,3-7H2,1-2H3/t9-,10-/m1/s1. The van der Waals surface area contributed by atoms with Crippen LogP contribution in [0.1, 0.15) is 20.3 Å². The fraction of sp³-hybridized carbons (Fsp3) is 0.909. The number of nitrogens with one attached hydrogen (secondary N) is 1. The average Bonchev–Trinajstić information content (AvgIpc) is 2.63. The van der Waals surface area contributed by atoms with Gasteiger partial charge in [0.2, 0.25) is 0 Å². The van der Waals surface area contributed by atoms with E-state index < -0.39 is 6.10 Å². The van der Waals surface area contributed by atoms with Gasteiger partial charge in [0, 0.05) is 19.6 Å². The first-order chi connectivity index (χ1) is 7.59. The summed E-state index contributed by atoms with van der Waals surface area (Å²) in [6, 6.07) is -0.361. The highest BCUT2D eigenvalue weighted by molar-refractivity contribution is 5.76. The van der Waals surface area contributed by atoms with Crippen molar-refractivity contribution in [1.82, 2.24) is 5.32 Å². The molecule has 94 valence electrons. The predicted molar refractivity (Wildman–Crippen MR) is 59.0 cm³/mol. The van der Waals surface area contributed by atoms with Gasteiger partial charge in [-0.05, 0) is 5.92 Å². The molecule has 0 unspecified atom stereocenters. The lowest BCUT2D eigenvalue weighted by molar-refractivity contribution is -0.147. The smallest absolute Gasteiger partial charge is 0.323 e. The molecular formula is C11H21NO4. The maximum Gasteiger partial charge on any atom is 0.323 e. The fourth-order valence-electron chi connectivity index (χ4n) is 1.52. The van der Waals surface area contributed by atoms with Crippen LogP contribution in [0.4, 0.5) is 0 Å². The minimum absolute atomic E-state index is 0.278. The van der Waals surface area contributed by atoms with E-state index in [1.165, 1.54) is 0 Å². The molecule has 0 spiro atoms. The highest BCUT2D eigenvalue weighted by Crippen LogP contribution is 2.07. The Kier molecular flexibility index (Phi) is 5.73. The second-order valence-electron chi connectivity index (χ2n) is 4.49. The van der Waals surface area contributed by atoms with Gasteiger partial charge in [-0.3, -0.25) is 4.79 Å². The van der Waals surface area contributed by atoms with Gasteiger partial charge in [0.05, 0.1) is 12.7 Å². The molecule has 1 saturated heterocycles.